The lowest BCUT2D eigenvalue weighted by Crippen LogP contribution is -2.10. The molecule has 0 fully saturated rings. The Morgan fingerprint density at radius 3 is 2.25 bits per heavy atom. The highest BCUT2D eigenvalue weighted by molar-refractivity contribution is 7.13. The summed E-state index contributed by atoms with van der Waals surface area (Å²) >= 11 is 1.55. The molecule has 3 aromatic rings. The Morgan fingerprint density at radius 2 is 1.64 bits per heavy atom. The zero-order chi connectivity index (χ0) is 20.3. The second-order valence-corrected chi connectivity index (χ2v) is 7.01. The largest absolute Gasteiger partial charge is 0.426 e. The molecule has 0 aliphatic heterocycles. The fourth-order valence-electron chi connectivity index (χ4n) is 2.73. The van der Waals surface area contributed by atoms with Crippen molar-refractivity contribution in [1.82, 2.24) is 0 Å². The van der Waals surface area contributed by atoms with E-state index in [9.17, 15) is 14.4 Å². The van der Waals surface area contributed by atoms with Gasteiger partial charge in [-0.05, 0) is 53.8 Å². The van der Waals surface area contributed by atoms with E-state index >= 15 is 0 Å². The minimum absolute atomic E-state index is 0.201. The molecule has 5 nitrogen and oxygen atoms in total. The molecule has 0 unspecified atom stereocenters. The van der Waals surface area contributed by atoms with E-state index < -0.39 is 11.9 Å². The third kappa shape index (κ3) is 4.35. The molecule has 0 saturated carbocycles. The van der Waals surface area contributed by atoms with Crippen LogP contribution >= 0.6 is 11.3 Å². The van der Waals surface area contributed by atoms with Crippen LogP contribution in [-0.2, 0) is 9.59 Å². The maximum Gasteiger partial charge on any atom is 0.308 e. The monoisotopic (exact) mass is 393 g/mol. The quantitative estimate of drug-likeness (QED) is 0.360. The number of hydrogen-bond acceptors (Lipinski definition) is 6. The van der Waals surface area contributed by atoms with Crippen LogP contribution in [0.5, 0.6) is 11.5 Å². The van der Waals surface area contributed by atoms with Crippen molar-refractivity contribution in [3.63, 3.8) is 0 Å². The van der Waals surface area contributed by atoms with E-state index in [-0.39, 0.29) is 22.8 Å². The number of rotatable bonds is 5. The standard InChI is InChI=1S/C22H17O5S/c1-13-11-17(26-14(2)23)7-9-18(13)22(25)19-8-6-16(21-5-4-10-28-21)12-20(19)27-15(3)24/h4-10,12H,1-3H3. The van der Waals surface area contributed by atoms with Crippen LogP contribution in [0.25, 0.3) is 10.4 Å². The van der Waals surface area contributed by atoms with E-state index in [0.29, 0.717) is 11.1 Å². The Kier molecular flexibility index (Phi) is 5.70. The highest BCUT2D eigenvalue weighted by Crippen LogP contribution is 2.32. The molecule has 28 heavy (non-hydrogen) atoms. The summed E-state index contributed by atoms with van der Waals surface area (Å²) in [6.45, 7) is 4.29. The third-order valence-corrected chi connectivity index (χ3v) is 4.82. The maximum absolute atomic E-state index is 13.1. The molecule has 2 aromatic carbocycles. The van der Waals surface area contributed by atoms with E-state index in [1.54, 1.807) is 36.5 Å². The molecule has 0 bridgehead atoms. The topological polar surface area (TPSA) is 69.7 Å². The number of aryl methyl sites for hydroxylation is 1. The van der Waals surface area contributed by atoms with E-state index in [0.717, 1.165) is 10.4 Å². The Balaban J connectivity index is 2.01. The lowest BCUT2D eigenvalue weighted by atomic mass is 9.97. The first-order valence-electron chi connectivity index (χ1n) is 8.47. The molecule has 0 N–H and O–H groups in total. The van der Waals surface area contributed by atoms with Crippen molar-refractivity contribution in [1.29, 1.82) is 0 Å². The molecule has 1 aromatic heterocycles. The summed E-state index contributed by atoms with van der Waals surface area (Å²) in [5.74, 6) is -0.833. The second-order valence-electron chi connectivity index (χ2n) is 6.07. The van der Waals surface area contributed by atoms with Gasteiger partial charge in [-0.3, -0.25) is 14.4 Å². The lowest BCUT2D eigenvalue weighted by Gasteiger charge is -2.12. The van der Waals surface area contributed by atoms with Gasteiger partial charge in [0.1, 0.15) is 11.5 Å². The van der Waals surface area contributed by atoms with Gasteiger partial charge >= 0.3 is 11.9 Å². The maximum atomic E-state index is 13.1. The average molecular weight is 393 g/mol. The van der Waals surface area contributed by atoms with Crippen molar-refractivity contribution in [2.75, 3.05) is 0 Å². The molecular weight excluding hydrogens is 376 g/mol. The molecule has 6 heteroatoms. The predicted molar refractivity (Wildman–Crippen MR) is 106 cm³/mol. The van der Waals surface area contributed by atoms with Gasteiger partial charge in [0.25, 0.3) is 0 Å². The summed E-state index contributed by atoms with van der Waals surface area (Å²) in [7, 11) is 0. The normalized spacial score (nSPS) is 10.4. The van der Waals surface area contributed by atoms with Crippen LogP contribution in [-0.4, -0.2) is 17.7 Å². The molecule has 0 saturated heterocycles. The fourth-order valence-corrected chi connectivity index (χ4v) is 3.45. The van der Waals surface area contributed by atoms with Crippen LogP contribution in [0.2, 0.25) is 0 Å². The van der Waals surface area contributed by atoms with Crippen LogP contribution < -0.4 is 9.47 Å². The zero-order valence-electron chi connectivity index (χ0n) is 15.6. The lowest BCUT2D eigenvalue weighted by molar-refractivity contribution is -0.132. The minimum Gasteiger partial charge on any atom is -0.426 e. The number of ketones is 1. The van der Waals surface area contributed by atoms with Crippen molar-refractivity contribution in [2.24, 2.45) is 0 Å². The van der Waals surface area contributed by atoms with Crippen LogP contribution in [0.15, 0.2) is 47.8 Å². The molecule has 0 atom stereocenters. The van der Waals surface area contributed by atoms with Gasteiger partial charge in [0.2, 0.25) is 0 Å². The molecule has 1 radical (unpaired) electrons. The molecular formula is C22H17O5S. The predicted octanol–water partition coefficient (Wildman–Crippen LogP) is 4.61. The van der Waals surface area contributed by atoms with Crippen LogP contribution in [0.3, 0.4) is 0 Å². The highest BCUT2D eigenvalue weighted by Gasteiger charge is 2.19. The van der Waals surface area contributed by atoms with Crippen LogP contribution in [0.4, 0.5) is 0 Å². The van der Waals surface area contributed by atoms with E-state index in [1.165, 1.54) is 19.9 Å². The minimum atomic E-state index is -0.508. The van der Waals surface area contributed by atoms with Crippen molar-refractivity contribution >= 4 is 29.1 Å². The Labute approximate surface area is 166 Å². The smallest absolute Gasteiger partial charge is 0.308 e. The van der Waals surface area contributed by atoms with Crippen molar-refractivity contribution < 1.29 is 23.9 Å². The number of esters is 2. The van der Waals surface area contributed by atoms with E-state index in [2.05, 4.69) is 6.07 Å². The van der Waals surface area contributed by atoms with Crippen LogP contribution in [0, 0.1) is 13.0 Å². The van der Waals surface area contributed by atoms with Gasteiger partial charge in [0.05, 0.1) is 5.56 Å². The number of ether oxygens (including phenoxy) is 2. The van der Waals surface area contributed by atoms with Gasteiger partial charge in [-0.15, -0.1) is 11.3 Å². The Morgan fingerprint density at radius 1 is 0.929 bits per heavy atom. The highest BCUT2D eigenvalue weighted by atomic mass is 32.1. The first kappa shape index (κ1) is 19.5. The first-order valence-corrected chi connectivity index (χ1v) is 9.35. The number of carbonyl (C=O) groups is 3. The van der Waals surface area contributed by atoms with Crippen LogP contribution in [0.1, 0.15) is 35.3 Å². The summed E-state index contributed by atoms with van der Waals surface area (Å²) in [6, 6.07) is 15.0. The first-order chi connectivity index (χ1) is 13.3. The summed E-state index contributed by atoms with van der Waals surface area (Å²) in [4.78, 5) is 36.7. The summed E-state index contributed by atoms with van der Waals surface area (Å²) in [5, 5.41) is 1.95. The van der Waals surface area contributed by atoms with Crippen molar-refractivity contribution in [2.45, 2.75) is 20.8 Å². The fraction of sp³-hybridized carbons (Fsp3) is 0.136. The van der Waals surface area contributed by atoms with Gasteiger partial charge in [-0.2, -0.15) is 0 Å². The molecule has 0 aliphatic carbocycles. The summed E-state index contributed by atoms with van der Waals surface area (Å²) in [6.07, 6.45) is 0. The molecule has 1 heterocycles. The van der Waals surface area contributed by atoms with E-state index in [1.807, 2.05) is 23.6 Å². The SMILES string of the molecule is CC(=O)Oc1[c]c(C)c(C(=O)c2ccc(-c3cccs3)cc2OC(C)=O)cc1. The molecule has 3 rings (SSSR count). The molecule has 0 spiro atoms. The van der Waals surface area contributed by atoms with Gasteiger partial charge in [0, 0.05) is 30.4 Å². The summed E-state index contributed by atoms with van der Waals surface area (Å²) in [5.41, 5.74) is 2.04. The van der Waals surface area contributed by atoms with Crippen molar-refractivity contribution in [3.05, 3.63) is 70.6 Å². The number of carbonyl (C=O) groups excluding carboxylic acids is 3. The number of thiophene rings is 1. The van der Waals surface area contributed by atoms with E-state index in [4.69, 9.17) is 9.47 Å². The Hall–Kier alpha value is -3.25. The zero-order valence-corrected chi connectivity index (χ0v) is 16.4. The Bertz CT molecular complexity index is 1050. The van der Waals surface area contributed by atoms with Gasteiger partial charge in [0.15, 0.2) is 5.78 Å². The van der Waals surface area contributed by atoms with Gasteiger partial charge in [-0.25, -0.2) is 0 Å². The third-order valence-electron chi connectivity index (χ3n) is 3.90. The molecule has 141 valence electrons. The molecule has 0 amide bonds. The van der Waals surface area contributed by atoms with Crippen molar-refractivity contribution in [3.8, 4) is 21.9 Å². The summed E-state index contributed by atoms with van der Waals surface area (Å²) < 4.78 is 10.3. The van der Waals surface area contributed by atoms with Gasteiger partial charge in [-0.1, -0.05) is 12.1 Å². The molecule has 0 aliphatic rings. The number of hydrogen-bond donors (Lipinski definition) is 0. The second kappa shape index (κ2) is 8.19. The number of benzene rings is 2. The van der Waals surface area contributed by atoms with Gasteiger partial charge < -0.3 is 9.47 Å². The average Bonchev–Trinajstić information content (AvgIpc) is 3.15.